The summed E-state index contributed by atoms with van der Waals surface area (Å²) >= 11 is 6.03. The zero-order chi connectivity index (χ0) is 13.1. The quantitative estimate of drug-likeness (QED) is 0.923. The van der Waals surface area contributed by atoms with Crippen molar-refractivity contribution in [3.63, 3.8) is 0 Å². The summed E-state index contributed by atoms with van der Waals surface area (Å²) in [6, 6.07) is 8.80. The third-order valence-electron chi connectivity index (χ3n) is 2.75. The number of aryl methyl sites for hydroxylation is 1. The van der Waals surface area contributed by atoms with Crippen LogP contribution in [0.1, 0.15) is 29.8 Å². The maximum Gasteiger partial charge on any atom is 0.122 e. The number of rotatable bonds is 3. The smallest absolute Gasteiger partial charge is 0.122 e. The number of hydrogen-bond donors (Lipinski definition) is 1. The minimum Gasteiger partial charge on any atom is -0.382 e. The van der Waals surface area contributed by atoms with E-state index in [9.17, 15) is 5.11 Å². The highest BCUT2D eigenvalue weighted by Gasteiger charge is 2.19. The Morgan fingerprint density at radius 1 is 1.44 bits per heavy atom. The van der Waals surface area contributed by atoms with E-state index < -0.39 is 6.10 Å². The van der Waals surface area contributed by atoms with Crippen molar-refractivity contribution in [2.75, 3.05) is 0 Å². The van der Waals surface area contributed by atoms with Gasteiger partial charge in [-0.2, -0.15) is 10.4 Å². The van der Waals surface area contributed by atoms with E-state index in [1.807, 2.05) is 13.0 Å². The van der Waals surface area contributed by atoms with Gasteiger partial charge in [0.25, 0.3) is 0 Å². The monoisotopic (exact) mass is 261 g/mol. The zero-order valence-electron chi connectivity index (χ0n) is 9.84. The van der Waals surface area contributed by atoms with Crippen LogP contribution in [0.4, 0.5) is 0 Å². The lowest BCUT2D eigenvalue weighted by atomic mass is 10.0. The van der Waals surface area contributed by atoms with Gasteiger partial charge in [0.05, 0.1) is 28.5 Å². The van der Waals surface area contributed by atoms with Crippen molar-refractivity contribution in [2.24, 2.45) is 0 Å². The molecule has 0 spiro atoms. The van der Waals surface area contributed by atoms with Crippen LogP contribution in [-0.2, 0) is 6.54 Å². The molecule has 1 heterocycles. The first kappa shape index (κ1) is 12.6. The lowest BCUT2D eigenvalue weighted by Gasteiger charge is -2.13. The van der Waals surface area contributed by atoms with Crippen LogP contribution in [0, 0.1) is 11.3 Å². The van der Waals surface area contributed by atoms with Gasteiger partial charge in [-0.3, -0.25) is 4.68 Å². The van der Waals surface area contributed by atoms with Crippen molar-refractivity contribution in [3.05, 3.63) is 52.3 Å². The number of aliphatic hydroxyl groups is 1. The van der Waals surface area contributed by atoms with Gasteiger partial charge in [0.15, 0.2) is 0 Å². The molecule has 0 bridgehead atoms. The van der Waals surface area contributed by atoms with Crippen LogP contribution in [0.5, 0.6) is 0 Å². The molecule has 1 aromatic heterocycles. The lowest BCUT2D eigenvalue weighted by molar-refractivity contribution is 0.208. The number of aliphatic hydroxyl groups excluding tert-OH is 1. The molecule has 1 N–H and O–H groups in total. The van der Waals surface area contributed by atoms with E-state index in [-0.39, 0.29) is 0 Å². The summed E-state index contributed by atoms with van der Waals surface area (Å²) in [5.74, 6) is 0. The Bertz CT molecular complexity index is 583. The summed E-state index contributed by atoms with van der Waals surface area (Å²) in [4.78, 5) is 0. The summed E-state index contributed by atoms with van der Waals surface area (Å²) in [5, 5.41) is 23.6. The van der Waals surface area contributed by atoms with Gasteiger partial charge >= 0.3 is 0 Å². The maximum atomic E-state index is 10.3. The Morgan fingerprint density at radius 3 is 2.67 bits per heavy atom. The van der Waals surface area contributed by atoms with Gasteiger partial charge in [-0.1, -0.05) is 23.7 Å². The fourth-order valence-corrected chi connectivity index (χ4v) is 2.04. The molecule has 0 aliphatic rings. The van der Waals surface area contributed by atoms with E-state index in [0.29, 0.717) is 28.4 Å². The van der Waals surface area contributed by atoms with Crippen LogP contribution >= 0.6 is 11.6 Å². The normalized spacial score (nSPS) is 12.1. The molecule has 1 atom stereocenters. The maximum absolute atomic E-state index is 10.3. The van der Waals surface area contributed by atoms with Gasteiger partial charge in [-0.25, -0.2) is 0 Å². The van der Waals surface area contributed by atoms with Gasteiger partial charge in [0.2, 0.25) is 0 Å². The average molecular weight is 262 g/mol. The van der Waals surface area contributed by atoms with Gasteiger partial charge in [-0.05, 0) is 24.6 Å². The van der Waals surface area contributed by atoms with E-state index in [0.717, 1.165) is 0 Å². The molecular weight excluding hydrogens is 250 g/mol. The molecule has 0 aliphatic carbocycles. The summed E-state index contributed by atoms with van der Waals surface area (Å²) in [6.07, 6.45) is 0.681. The minimum absolute atomic E-state index is 0.439. The fourth-order valence-electron chi connectivity index (χ4n) is 1.79. The van der Waals surface area contributed by atoms with Gasteiger partial charge in [-0.15, -0.1) is 0 Å². The molecule has 0 saturated carbocycles. The Labute approximate surface area is 110 Å². The van der Waals surface area contributed by atoms with Crippen molar-refractivity contribution in [1.82, 2.24) is 9.78 Å². The molecular formula is C13H12ClN3O. The van der Waals surface area contributed by atoms with E-state index in [2.05, 4.69) is 5.10 Å². The predicted molar refractivity (Wildman–Crippen MR) is 68.1 cm³/mol. The number of nitriles is 1. The Balaban J connectivity index is 2.38. The van der Waals surface area contributed by atoms with E-state index in [1.54, 1.807) is 28.9 Å². The van der Waals surface area contributed by atoms with Gasteiger partial charge in [0, 0.05) is 6.54 Å². The Kier molecular flexibility index (Phi) is 3.66. The summed E-state index contributed by atoms with van der Waals surface area (Å²) in [7, 11) is 0. The molecule has 18 heavy (non-hydrogen) atoms. The van der Waals surface area contributed by atoms with E-state index in [4.69, 9.17) is 16.9 Å². The number of benzene rings is 1. The molecule has 0 amide bonds. The second-order valence-corrected chi connectivity index (χ2v) is 4.24. The van der Waals surface area contributed by atoms with Crippen molar-refractivity contribution < 1.29 is 5.11 Å². The standard InChI is InChI=1S/C13H12ClN3O/c1-2-17-12(11(14)8-16-17)13(18)10-5-3-9(7-15)4-6-10/h3-6,8,13,18H,2H2,1H3. The van der Waals surface area contributed by atoms with Crippen molar-refractivity contribution in [3.8, 4) is 6.07 Å². The number of nitrogens with zero attached hydrogens (tertiary/aromatic N) is 3. The molecule has 4 nitrogen and oxygen atoms in total. The molecule has 92 valence electrons. The van der Waals surface area contributed by atoms with E-state index in [1.165, 1.54) is 6.20 Å². The number of halogens is 1. The molecule has 0 radical (unpaired) electrons. The lowest BCUT2D eigenvalue weighted by Crippen LogP contribution is -2.09. The molecule has 0 saturated heterocycles. The van der Waals surface area contributed by atoms with Crippen LogP contribution in [0.2, 0.25) is 5.02 Å². The minimum atomic E-state index is -0.840. The van der Waals surface area contributed by atoms with Crippen molar-refractivity contribution in [2.45, 2.75) is 19.6 Å². The second-order valence-electron chi connectivity index (χ2n) is 3.83. The largest absolute Gasteiger partial charge is 0.382 e. The molecule has 0 aliphatic heterocycles. The molecule has 2 aromatic rings. The predicted octanol–water partition coefficient (Wildman–Crippen LogP) is 2.51. The first-order chi connectivity index (χ1) is 8.67. The highest BCUT2D eigenvalue weighted by Crippen LogP contribution is 2.28. The topological polar surface area (TPSA) is 61.8 Å². The first-order valence-corrected chi connectivity index (χ1v) is 5.94. The van der Waals surface area contributed by atoms with Crippen LogP contribution in [0.15, 0.2) is 30.5 Å². The molecule has 2 rings (SSSR count). The third-order valence-corrected chi connectivity index (χ3v) is 3.04. The highest BCUT2D eigenvalue weighted by atomic mass is 35.5. The SMILES string of the molecule is CCn1ncc(Cl)c1C(O)c1ccc(C#N)cc1. The second kappa shape index (κ2) is 5.21. The van der Waals surface area contributed by atoms with Crippen LogP contribution < -0.4 is 0 Å². The highest BCUT2D eigenvalue weighted by molar-refractivity contribution is 6.31. The first-order valence-electron chi connectivity index (χ1n) is 5.56. The number of aromatic nitrogens is 2. The van der Waals surface area contributed by atoms with Crippen molar-refractivity contribution in [1.29, 1.82) is 5.26 Å². The Morgan fingerprint density at radius 2 is 2.11 bits per heavy atom. The van der Waals surface area contributed by atoms with Crippen LogP contribution in [0.3, 0.4) is 0 Å². The zero-order valence-corrected chi connectivity index (χ0v) is 10.6. The van der Waals surface area contributed by atoms with Gasteiger partial charge < -0.3 is 5.11 Å². The summed E-state index contributed by atoms with van der Waals surface area (Å²) < 4.78 is 1.66. The molecule has 1 aromatic carbocycles. The number of hydrogen-bond acceptors (Lipinski definition) is 3. The van der Waals surface area contributed by atoms with Crippen LogP contribution in [-0.4, -0.2) is 14.9 Å². The average Bonchev–Trinajstić information content (AvgIpc) is 2.79. The van der Waals surface area contributed by atoms with E-state index >= 15 is 0 Å². The third kappa shape index (κ3) is 2.23. The fraction of sp³-hybridized carbons (Fsp3) is 0.231. The molecule has 1 unspecified atom stereocenters. The van der Waals surface area contributed by atoms with Crippen LogP contribution in [0.25, 0.3) is 0 Å². The Hall–Kier alpha value is -1.83. The van der Waals surface area contributed by atoms with Gasteiger partial charge in [0.1, 0.15) is 6.10 Å². The van der Waals surface area contributed by atoms with Crippen molar-refractivity contribution >= 4 is 11.6 Å². The molecule has 5 heteroatoms. The summed E-state index contributed by atoms with van der Waals surface area (Å²) in [6.45, 7) is 2.56. The molecule has 0 fully saturated rings. The summed E-state index contributed by atoms with van der Waals surface area (Å²) in [5.41, 5.74) is 1.82.